The van der Waals surface area contributed by atoms with Crippen LogP contribution in [0.25, 0.3) is 5.69 Å². The number of aryl methyl sites for hydroxylation is 1. The first-order valence-electron chi connectivity index (χ1n) is 7.26. The molecule has 4 nitrogen and oxygen atoms in total. The van der Waals surface area contributed by atoms with Crippen LogP contribution in [0.1, 0.15) is 24.6 Å². The van der Waals surface area contributed by atoms with E-state index >= 15 is 0 Å². The first kappa shape index (κ1) is 16.0. The van der Waals surface area contributed by atoms with E-state index in [9.17, 15) is 0 Å². The van der Waals surface area contributed by atoms with Gasteiger partial charge in [0.1, 0.15) is 0 Å². The summed E-state index contributed by atoms with van der Waals surface area (Å²) < 4.78 is 8.57. The predicted octanol–water partition coefficient (Wildman–Crippen LogP) is 4.09. The van der Waals surface area contributed by atoms with Crippen LogP contribution in [0.3, 0.4) is 0 Å². The van der Waals surface area contributed by atoms with Crippen LogP contribution in [0.4, 0.5) is 5.95 Å². The van der Waals surface area contributed by atoms with Gasteiger partial charge in [0.05, 0.1) is 11.4 Å². The molecule has 0 atom stereocenters. The summed E-state index contributed by atoms with van der Waals surface area (Å²) in [6.07, 6.45) is 3.02. The van der Waals surface area contributed by atoms with Gasteiger partial charge >= 0.3 is 0 Å². The Labute approximate surface area is 134 Å². The molecule has 1 N–H and O–H groups in total. The van der Waals surface area contributed by atoms with Crippen molar-refractivity contribution >= 4 is 21.9 Å². The Kier molecular flexibility index (Phi) is 5.82. The molecule has 2 rings (SSSR count). The normalized spacial score (nSPS) is 10.9. The summed E-state index contributed by atoms with van der Waals surface area (Å²) in [5.74, 6) is 0.880. The molecular formula is C16H22BrN3O. The Morgan fingerprint density at radius 1 is 1.33 bits per heavy atom. The molecule has 1 aromatic carbocycles. The molecule has 0 amide bonds. The summed E-state index contributed by atoms with van der Waals surface area (Å²) in [4.78, 5) is 4.57. The second-order valence-electron chi connectivity index (χ2n) is 4.94. The Hall–Kier alpha value is -1.33. The van der Waals surface area contributed by atoms with E-state index in [0.29, 0.717) is 0 Å². The van der Waals surface area contributed by atoms with Crippen LogP contribution in [0, 0.1) is 13.8 Å². The maximum Gasteiger partial charge on any atom is 0.207 e. The zero-order chi connectivity index (χ0) is 15.2. The van der Waals surface area contributed by atoms with Crippen molar-refractivity contribution in [1.29, 1.82) is 0 Å². The number of ether oxygens (including phenoxy) is 1. The molecule has 0 spiro atoms. The van der Waals surface area contributed by atoms with Crippen molar-refractivity contribution in [2.75, 3.05) is 25.1 Å². The summed E-state index contributed by atoms with van der Waals surface area (Å²) in [6.45, 7) is 8.52. The molecule has 0 saturated heterocycles. The van der Waals surface area contributed by atoms with E-state index in [2.05, 4.69) is 56.1 Å². The average molecular weight is 352 g/mol. The Bertz CT molecular complexity index is 595. The van der Waals surface area contributed by atoms with Gasteiger partial charge in [-0.3, -0.25) is 4.57 Å². The maximum absolute atomic E-state index is 5.35. The fourth-order valence-electron chi connectivity index (χ4n) is 2.18. The number of aromatic nitrogens is 2. The first-order chi connectivity index (χ1) is 10.1. The van der Waals surface area contributed by atoms with Crippen LogP contribution in [-0.2, 0) is 4.74 Å². The quantitative estimate of drug-likeness (QED) is 0.763. The highest BCUT2D eigenvalue weighted by Gasteiger charge is 2.10. The van der Waals surface area contributed by atoms with Crippen molar-refractivity contribution in [3.8, 4) is 5.69 Å². The number of hydrogen-bond acceptors (Lipinski definition) is 3. The van der Waals surface area contributed by atoms with E-state index in [1.165, 1.54) is 5.56 Å². The second-order valence-corrected chi connectivity index (χ2v) is 5.79. The Morgan fingerprint density at radius 2 is 2.14 bits per heavy atom. The van der Waals surface area contributed by atoms with Gasteiger partial charge in [-0.1, -0.05) is 22.0 Å². The summed E-state index contributed by atoms with van der Waals surface area (Å²) in [5, 5.41) is 3.39. The molecule has 2 aromatic rings. The lowest BCUT2D eigenvalue weighted by Crippen LogP contribution is -2.10. The van der Waals surface area contributed by atoms with Crippen molar-refractivity contribution in [3.63, 3.8) is 0 Å². The van der Waals surface area contributed by atoms with Crippen LogP contribution >= 0.6 is 15.9 Å². The van der Waals surface area contributed by atoms with Gasteiger partial charge < -0.3 is 10.1 Å². The molecule has 1 heterocycles. The molecule has 0 aliphatic rings. The molecule has 0 bridgehead atoms. The molecule has 0 aliphatic carbocycles. The van der Waals surface area contributed by atoms with E-state index in [-0.39, 0.29) is 0 Å². The molecule has 0 radical (unpaired) electrons. The highest BCUT2D eigenvalue weighted by atomic mass is 79.9. The topological polar surface area (TPSA) is 39.1 Å². The average Bonchev–Trinajstić information content (AvgIpc) is 2.82. The fraction of sp³-hybridized carbons (Fsp3) is 0.438. The summed E-state index contributed by atoms with van der Waals surface area (Å²) in [5.41, 5.74) is 3.34. The molecule has 0 fully saturated rings. The standard InChI is InChI=1S/C16H22BrN3O/c1-4-21-10-6-9-18-16-19-12(2)11-20(16)15-8-5-7-14(17)13(15)3/h5,7-8,11H,4,6,9-10H2,1-3H3,(H,18,19). The number of nitrogens with one attached hydrogen (secondary N) is 1. The second kappa shape index (κ2) is 7.61. The van der Waals surface area contributed by atoms with Gasteiger partial charge in [-0.2, -0.15) is 0 Å². The molecule has 1 aromatic heterocycles. The Morgan fingerprint density at radius 3 is 2.90 bits per heavy atom. The van der Waals surface area contributed by atoms with Crippen LogP contribution < -0.4 is 5.32 Å². The third kappa shape index (κ3) is 4.08. The summed E-state index contributed by atoms with van der Waals surface area (Å²) in [6, 6.07) is 6.20. The van der Waals surface area contributed by atoms with E-state index in [0.717, 1.165) is 48.0 Å². The van der Waals surface area contributed by atoms with Gasteiger partial charge in [0.2, 0.25) is 5.95 Å². The number of imidazole rings is 1. The highest BCUT2D eigenvalue weighted by Crippen LogP contribution is 2.25. The largest absolute Gasteiger partial charge is 0.382 e. The third-order valence-corrected chi connectivity index (χ3v) is 4.14. The lowest BCUT2D eigenvalue weighted by atomic mass is 10.2. The molecular weight excluding hydrogens is 330 g/mol. The van der Waals surface area contributed by atoms with Gasteiger partial charge in [-0.15, -0.1) is 0 Å². The van der Waals surface area contributed by atoms with Crippen LogP contribution in [0.2, 0.25) is 0 Å². The highest BCUT2D eigenvalue weighted by molar-refractivity contribution is 9.10. The minimum absolute atomic E-state index is 0.769. The number of rotatable bonds is 7. The van der Waals surface area contributed by atoms with Crippen molar-refractivity contribution in [2.45, 2.75) is 27.2 Å². The van der Waals surface area contributed by atoms with E-state index in [1.54, 1.807) is 0 Å². The fourth-order valence-corrected chi connectivity index (χ4v) is 2.54. The predicted molar refractivity (Wildman–Crippen MR) is 90.3 cm³/mol. The lowest BCUT2D eigenvalue weighted by Gasteiger charge is -2.13. The monoisotopic (exact) mass is 351 g/mol. The maximum atomic E-state index is 5.35. The van der Waals surface area contributed by atoms with E-state index < -0.39 is 0 Å². The number of hydrogen-bond donors (Lipinski definition) is 1. The van der Waals surface area contributed by atoms with Crippen LogP contribution in [0.5, 0.6) is 0 Å². The number of benzene rings is 1. The molecule has 0 aliphatic heterocycles. The van der Waals surface area contributed by atoms with Crippen LogP contribution in [0.15, 0.2) is 28.9 Å². The number of anilines is 1. The van der Waals surface area contributed by atoms with E-state index in [1.807, 2.05) is 19.9 Å². The smallest absolute Gasteiger partial charge is 0.207 e. The molecule has 0 unspecified atom stereocenters. The number of halogens is 1. The SMILES string of the molecule is CCOCCCNc1nc(C)cn1-c1cccc(Br)c1C. The third-order valence-electron chi connectivity index (χ3n) is 3.28. The van der Waals surface area contributed by atoms with Crippen molar-refractivity contribution in [1.82, 2.24) is 9.55 Å². The van der Waals surface area contributed by atoms with Crippen molar-refractivity contribution in [2.24, 2.45) is 0 Å². The molecule has 21 heavy (non-hydrogen) atoms. The minimum atomic E-state index is 0.769. The van der Waals surface area contributed by atoms with Gasteiger partial charge in [-0.25, -0.2) is 4.98 Å². The van der Waals surface area contributed by atoms with Crippen molar-refractivity contribution < 1.29 is 4.74 Å². The summed E-state index contributed by atoms with van der Waals surface area (Å²) >= 11 is 3.59. The van der Waals surface area contributed by atoms with Crippen LogP contribution in [-0.4, -0.2) is 29.3 Å². The zero-order valence-electron chi connectivity index (χ0n) is 12.8. The Balaban J connectivity index is 2.15. The molecule has 5 heteroatoms. The van der Waals surface area contributed by atoms with Crippen molar-refractivity contribution in [3.05, 3.63) is 40.1 Å². The zero-order valence-corrected chi connectivity index (χ0v) is 14.4. The number of nitrogens with zero attached hydrogens (tertiary/aromatic N) is 2. The summed E-state index contributed by atoms with van der Waals surface area (Å²) in [7, 11) is 0. The van der Waals surface area contributed by atoms with Gasteiger partial charge in [0.25, 0.3) is 0 Å². The van der Waals surface area contributed by atoms with Gasteiger partial charge in [0.15, 0.2) is 0 Å². The lowest BCUT2D eigenvalue weighted by molar-refractivity contribution is 0.147. The first-order valence-corrected chi connectivity index (χ1v) is 8.06. The minimum Gasteiger partial charge on any atom is -0.382 e. The molecule has 114 valence electrons. The molecule has 0 saturated carbocycles. The van der Waals surface area contributed by atoms with E-state index in [4.69, 9.17) is 4.74 Å². The van der Waals surface area contributed by atoms with Gasteiger partial charge in [0, 0.05) is 30.4 Å². The van der Waals surface area contributed by atoms with Gasteiger partial charge in [-0.05, 0) is 44.9 Å².